The number of nitrogens with one attached hydrogen (secondary N) is 1. The Morgan fingerprint density at radius 3 is 3.05 bits per heavy atom. The van der Waals surface area contributed by atoms with Gasteiger partial charge in [0.25, 0.3) is 0 Å². The summed E-state index contributed by atoms with van der Waals surface area (Å²) in [5.41, 5.74) is 4.10. The van der Waals surface area contributed by atoms with Crippen LogP contribution in [0.25, 0.3) is 0 Å². The fraction of sp³-hybridized carbons (Fsp3) is 0.333. The Morgan fingerprint density at radius 2 is 2.26 bits per heavy atom. The summed E-state index contributed by atoms with van der Waals surface area (Å²) in [4.78, 5) is 4.02. The average molecular weight is 337 g/mol. The van der Waals surface area contributed by atoms with Crippen LogP contribution in [-0.2, 0) is 19.5 Å². The van der Waals surface area contributed by atoms with E-state index in [1.54, 1.807) is 4.88 Å². The number of halogens is 1. The number of hydrogen-bond acceptors (Lipinski definition) is 3. The molecular weight excluding hydrogens is 320 g/mol. The van der Waals surface area contributed by atoms with E-state index in [1.165, 1.54) is 21.3 Å². The van der Waals surface area contributed by atoms with Gasteiger partial charge in [-0.05, 0) is 64.1 Å². The molecule has 1 aliphatic rings. The van der Waals surface area contributed by atoms with Crippen molar-refractivity contribution in [2.45, 2.75) is 19.5 Å². The fourth-order valence-electron chi connectivity index (χ4n) is 2.58. The van der Waals surface area contributed by atoms with Gasteiger partial charge >= 0.3 is 0 Å². The number of rotatable bonds is 3. The molecule has 0 amide bonds. The molecule has 1 aliphatic heterocycles. The minimum Gasteiger partial charge on any atom is -0.366 e. The summed E-state index contributed by atoms with van der Waals surface area (Å²) in [6.07, 6.45) is 1.16. The first-order valence-corrected chi connectivity index (χ1v) is 8.18. The topological polar surface area (TPSA) is 15.3 Å². The van der Waals surface area contributed by atoms with E-state index in [4.69, 9.17) is 0 Å². The van der Waals surface area contributed by atoms with Gasteiger partial charge in [-0.2, -0.15) is 0 Å². The number of fused-ring (bicyclic) bond motifs is 1. The van der Waals surface area contributed by atoms with Gasteiger partial charge in [-0.25, -0.2) is 0 Å². The van der Waals surface area contributed by atoms with Crippen molar-refractivity contribution in [3.63, 3.8) is 0 Å². The Bertz CT molecular complexity index is 579. The van der Waals surface area contributed by atoms with Gasteiger partial charge in [-0.15, -0.1) is 11.3 Å². The summed E-state index contributed by atoms with van der Waals surface area (Å²) in [6.45, 7) is 3.05. The molecule has 2 nitrogen and oxygen atoms in total. The Hall–Kier alpha value is -0.840. The fourth-order valence-corrected chi connectivity index (χ4v) is 4.14. The zero-order valence-corrected chi connectivity index (χ0v) is 13.4. The number of anilines is 1. The van der Waals surface area contributed by atoms with Gasteiger partial charge in [0.05, 0.1) is 5.69 Å². The molecule has 0 bridgehead atoms. The minimum atomic E-state index is 0.910. The lowest BCUT2D eigenvalue weighted by molar-refractivity contribution is 0.741. The molecule has 0 unspecified atom stereocenters. The molecule has 1 aromatic carbocycles. The Balaban J connectivity index is 1.83. The third-order valence-corrected chi connectivity index (χ3v) is 5.20. The van der Waals surface area contributed by atoms with E-state index in [0.717, 1.165) is 26.1 Å². The maximum atomic E-state index is 3.72. The van der Waals surface area contributed by atoms with Gasteiger partial charge in [-0.1, -0.05) is 6.07 Å². The first-order valence-electron chi connectivity index (χ1n) is 6.51. The number of thiophene rings is 1. The molecule has 1 aromatic heterocycles. The molecule has 0 spiro atoms. The average Bonchev–Trinajstić information content (AvgIpc) is 2.86. The van der Waals surface area contributed by atoms with Crippen molar-refractivity contribution in [2.75, 3.05) is 18.5 Å². The van der Waals surface area contributed by atoms with Gasteiger partial charge in [0, 0.05) is 29.0 Å². The van der Waals surface area contributed by atoms with E-state index in [1.807, 2.05) is 18.4 Å². The lowest BCUT2D eigenvalue weighted by Gasteiger charge is -2.30. The van der Waals surface area contributed by atoms with E-state index < -0.39 is 0 Å². The highest BCUT2D eigenvalue weighted by molar-refractivity contribution is 9.10. The van der Waals surface area contributed by atoms with E-state index in [2.05, 4.69) is 55.8 Å². The molecule has 0 radical (unpaired) electrons. The highest BCUT2D eigenvalue weighted by Crippen LogP contribution is 2.32. The molecule has 4 heteroatoms. The van der Waals surface area contributed by atoms with E-state index in [-0.39, 0.29) is 0 Å². The van der Waals surface area contributed by atoms with Gasteiger partial charge in [0.2, 0.25) is 0 Å². The van der Waals surface area contributed by atoms with Crippen LogP contribution in [0.2, 0.25) is 0 Å². The quantitative estimate of drug-likeness (QED) is 0.917. The molecular formula is C15H17BrN2S. The molecule has 19 heavy (non-hydrogen) atoms. The second-order valence-electron chi connectivity index (χ2n) is 4.86. The second kappa shape index (κ2) is 5.65. The summed E-state index contributed by atoms with van der Waals surface area (Å²) in [5.74, 6) is 0. The number of benzene rings is 1. The van der Waals surface area contributed by atoms with Crippen molar-refractivity contribution in [3.8, 4) is 0 Å². The van der Waals surface area contributed by atoms with Crippen molar-refractivity contribution < 1.29 is 0 Å². The summed E-state index contributed by atoms with van der Waals surface area (Å²) in [7, 11) is 1.98. The Morgan fingerprint density at radius 1 is 1.37 bits per heavy atom. The third-order valence-electron chi connectivity index (χ3n) is 3.54. The molecule has 0 atom stereocenters. The first-order chi connectivity index (χ1) is 9.28. The van der Waals surface area contributed by atoms with Crippen LogP contribution in [0.15, 0.2) is 34.1 Å². The molecule has 0 saturated carbocycles. The number of hydrogen-bond donors (Lipinski definition) is 1. The van der Waals surface area contributed by atoms with Crippen LogP contribution in [0.3, 0.4) is 0 Å². The van der Waals surface area contributed by atoms with Crippen molar-refractivity contribution in [2.24, 2.45) is 0 Å². The zero-order valence-electron chi connectivity index (χ0n) is 10.9. The summed E-state index contributed by atoms with van der Waals surface area (Å²) in [6, 6.07) is 8.91. The van der Waals surface area contributed by atoms with Crippen LogP contribution >= 0.6 is 27.3 Å². The van der Waals surface area contributed by atoms with E-state index in [0.29, 0.717) is 0 Å². The van der Waals surface area contributed by atoms with Gasteiger partial charge < -0.3 is 10.2 Å². The molecule has 0 aliphatic carbocycles. The highest BCUT2D eigenvalue weighted by atomic mass is 79.9. The smallest absolute Gasteiger partial charge is 0.0513 e. The van der Waals surface area contributed by atoms with Crippen molar-refractivity contribution >= 4 is 33.0 Å². The molecule has 0 saturated heterocycles. The van der Waals surface area contributed by atoms with Crippen LogP contribution in [0, 0.1) is 0 Å². The van der Waals surface area contributed by atoms with Crippen LogP contribution in [0.1, 0.15) is 16.0 Å². The Kier molecular flexibility index (Phi) is 3.91. The molecule has 2 aromatic rings. The predicted octanol–water partition coefficient (Wildman–Crippen LogP) is 3.79. The van der Waals surface area contributed by atoms with Crippen molar-refractivity contribution in [3.05, 3.63) is 50.1 Å². The monoisotopic (exact) mass is 336 g/mol. The van der Waals surface area contributed by atoms with E-state index in [9.17, 15) is 0 Å². The second-order valence-corrected chi connectivity index (χ2v) is 6.71. The predicted molar refractivity (Wildman–Crippen MR) is 86.0 cm³/mol. The Labute approximate surface area is 126 Å². The van der Waals surface area contributed by atoms with Gasteiger partial charge in [0.15, 0.2) is 0 Å². The lowest BCUT2D eigenvalue weighted by Crippen LogP contribution is -2.29. The first kappa shape index (κ1) is 13.2. The summed E-state index contributed by atoms with van der Waals surface area (Å²) >= 11 is 5.61. The van der Waals surface area contributed by atoms with Crippen LogP contribution in [0.4, 0.5) is 5.69 Å². The van der Waals surface area contributed by atoms with Crippen molar-refractivity contribution in [1.29, 1.82) is 0 Å². The highest BCUT2D eigenvalue weighted by Gasteiger charge is 2.19. The number of nitrogens with zero attached hydrogens (tertiary/aromatic N) is 1. The molecule has 2 heterocycles. The normalized spacial score (nSPS) is 14.5. The lowest BCUT2D eigenvalue weighted by atomic mass is 10.1. The zero-order chi connectivity index (χ0) is 13.2. The molecule has 0 fully saturated rings. The molecule has 1 N–H and O–H groups in total. The summed E-state index contributed by atoms with van der Waals surface area (Å²) in [5, 5.41) is 5.39. The minimum absolute atomic E-state index is 0.910. The van der Waals surface area contributed by atoms with Crippen LogP contribution in [-0.4, -0.2) is 13.6 Å². The van der Waals surface area contributed by atoms with Gasteiger partial charge in [-0.3, -0.25) is 0 Å². The SMILES string of the molecule is CNCc1ccc(N2CCc3sccc3C2)c(Br)c1. The van der Waals surface area contributed by atoms with Crippen molar-refractivity contribution in [1.82, 2.24) is 5.32 Å². The van der Waals surface area contributed by atoms with Crippen LogP contribution in [0.5, 0.6) is 0 Å². The summed E-state index contributed by atoms with van der Waals surface area (Å²) < 4.78 is 1.19. The standard InChI is InChI=1S/C15H17BrN2S/c1-17-9-11-2-3-14(13(16)8-11)18-6-4-15-12(10-18)5-7-19-15/h2-3,5,7-8,17H,4,6,9-10H2,1H3. The maximum Gasteiger partial charge on any atom is 0.0513 e. The third kappa shape index (κ3) is 2.71. The van der Waals surface area contributed by atoms with Crippen LogP contribution < -0.4 is 10.2 Å². The maximum absolute atomic E-state index is 3.72. The molecule has 100 valence electrons. The largest absolute Gasteiger partial charge is 0.366 e. The van der Waals surface area contributed by atoms with E-state index >= 15 is 0 Å². The molecule has 3 rings (SSSR count). The van der Waals surface area contributed by atoms with Gasteiger partial charge in [0.1, 0.15) is 0 Å².